The maximum atomic E-state index is 5.84. The summed E-state index contributed by atoms with van der Waals surface area (Å²) in [6.45, 7) is 0. The van der Waals surface area contributed by atoms with Gasteiger partial charge in [-0.25, -0.2) is 0 Å². The Morgan fingerprint density at radius 3 is 2.52 bits per heavy atom. The van der Waals surface area contributed by atoms with Gasteiger partial charge in [0.05, 0.1) is 7.11 Å². The molecular weight excluding hydrogens is 272 g/mol. The van der Waals surface area contributed by atoms with Crippen molar-refractivity contribution in [3.8, 4) is 28.7 Å². The van der Waals surface area contributed by atoms with Crippen molar-refractivity contribution in [2.45, 2.75) is 0 Å². The highest BCUT2D eigenvalue weighted by Gasteiger charge is 2.21. The lowest BCUT2D eigenvalue weighted by molar-refractivity contribution is 0.392. The van der Waals surface area contributed by atoms with Gasteiger partial charge in [0.15, 0.2) is 0 Å². The molecule has 0 aliphatic rings. The predicted octanol–water partition coefficient (Wildman–Crippen LogP) is 1.37. The number of benzene rings is 1. The summed E-state index contributed by atoms with van der Waals surface area (Å²) in [7, 11) is 1.44. The first kappa shape index (κ1) is 12.9. The minimum Gasteiger partial charge on any atom is -0.480 e. The Hall–Kier alpha value is -3.16. The zero-order valence-electron chi connectivity index (χ0n) is 11.1. The molecule has 8 heteroatoms. The summed E-state index contributed by atoms with van der Waals surface area (Å²) < 4.78 is 10.4. The number of nitrogen functional groups attached to an aromatic ring is 2. The van der Waals surface area contributed by atoms with Crippen LogP contribution in [-0.2, 0) is 0 Å². The van der Waals surface area contributed by atoms with Crippen LogP contribution in [-0.4, -0.2) is 27.2 Å². The Balaban J connectivity index is 2.09. The van der Waals surface area contributed by atoms with E-state index in [4.69, 9.17) is 20.7 Å². The molecule has 0 radical (unpaired) electrons. The molecule has 0 saturated heterocycles. The smallest absolute Gasteiger partial charge is 0.267 e. The third-order valence-electron chi connectivity index (χ3n) is 2.79. The highest BCUT2D eigenvalue weighted by atomic mass is 16.5. The topological polar surface area (TPSA) is 126 Å². The lowest BCUT2D eigenvalue weighted by Gasteiger charge is -2.06. The number of methoxy groups -OCH3 is 1. The molecule has 0 bridgehead atoms. The zero-order chi connectivity index (χ0) is 14.8. The van der Waals surface area contributed by atoms with Crippen LogP contribution in [0.3, 0.4) is 0 Å². The van der Waals surface area contributed by atoms with Crippen LogP contribution in [0.2, 0.25) is 0 Å². The number of ether oxygens (including phenoxy) is 1. The fourth-order valence-corrected chi connectivity index (χ4v) is 1.85. The van der Waals surface area contributed by atoms with Gasteiger partial charge in [0, 0.05) is 5.56 Å². The molecule has 3 rings (SSSR count). The van der Waals surface area contributed by atoms with Gasteiger partial charge >= 0.3 is 0 Å². The molecule has 8 nitrogen and oxygen atoms in total. The molecule has 0 aliphatic carbocycles. The Bertz CT molecular complexity index is 772. The predicted molar refractivity (Wildman–Crippen MR) is 76.1 cm³/mol. The summed E-state index contributed by atoms with van der Waals surface area (Å²) >= 11 is 0. The van der Waals surface area contributed by atoms with Crippen LogP contribution < -0.4 is 16.2 Å². The number of anilines is 2. The number of hydrogen-bond acceptors (Lipinski definition) is 8. The summed E-state index contributed by atoms with van der Waals surface area (Å²) in [5.74, 6) is 0.911. The second-order valence-electron chi connectivity index (χ2n) is 4.14. The average molecular weight is 284 g/mol. The Morgan fingerprint density at radius 2 is 1.81 bits per heavy atom. The Kier molecular flexibility index (Phi) is 3.11. The summed E-state index contributed by atoms with van der Waals surface area (Å²) in [5.41, 5.74) is 12.5. The van der Waals surface area contributed by atoms with E-state index in [2.05, 4.69) is 20.1 Å². The molecule has 0 unspecified atom stereocenters. The van der Waals surface area contributed by atoms with E-state index in [1.165, 1.54) is 7.11 Å². The van der Waals surface area contributed by atoms with E-state index < -0.39 is 0 Å². The molecule has 21 heavy (non-hydrogen) atoms. The van der Waals surface area contributed by atoms with Gasteiger partial charge in [0.1, 0.15) is 11.4 Å². The van der Waals surface area contributed by atoms with Crippen LogP contribution in [0, 0.1) is 0 Å². The molecule has 3 aromatic rings. The van der Waals surface area contributed by atoms with Crippen molar-refractivity contribution in [3.63, 3.8) is 0 Å². The van der Waals surface area contributed by atoms with Crippen molar-refractivity contribution in [2.75, 3.05) is 18.6 Å². The van der Waals surface area contributed by atoms with Crippen molar-refractivity contribution < 1.29 is 9.26 Å². The number of aromatic nitrogens is 4. The summed E-state index contributed by atoms with van der Waals surface area (Å²) in [5, 5.41) is 3.92. The van der Waals surface area contributed by atoms with Gasteiger partial charge in [0.25, 0.3) is 5.89 Å². The van der Waals surface area contributed by atoms with E-state index in [1.807, 2.05) is 30.3 Å². The molecule has 106 valence electrons. The molecule has 0 amide bonds. The van der Waals surface area contributed by atoms with E-state index >= 15 is 0 Å². The standard InChI is InChI=1S/C13H12N6O2/c1-20-11-8(9(14)16-13(15)18-11)12-17-10(19-21-12)7-5-3-2-4-6-7/h2-6H,1H3,(H4,14,15,16,18). The SMILES string of the molecule is COc1nc(N)nc(N)c1-c1nc(-c2ccccc2)no1. The molecule has 2 heterocycles. The molecule has 0 spiro atoms. The van der Waals surface area contributed by atoms with E-state index in [-0.39, 0.29) is 23.5 Å². The third-order valence-corrected chi connectivity index (χ3v) is 2.79. The third kappa shape index (κ3) is 2.34. The van der Waals surface area contributed by atoms with Gasteiger partial charge in [-0.3, -0.25) is 0 Å². The lowest BCUT2D eigenvalue weighted by atomic mass is 10.2. The molecule has 0 atom stereocenters. The van der Waals surface area contributed by atoms with Gasteiger partial charge in [-0.05, 0) is 0 Å². The zero-order valence-corrected chi connectivity index (χ0v) is 11.1. The largest absolute Gasteiger partial charge is 0.480 e. The van der Waals surface area contributed by atoms with Crippen molar-refractivity contribution in [3.05, 3.63) is 30.3 Å². The molecule has 0 fully saturated rings. The van der Waals surface area contributed by atoms with Crippen molar-refractivity contribution >= 4 is 11.8 Å². The number of rotatable bonds is 3. The molecule has 0 saturated carbocycles. The van der Waals surface area contributed by atoms with E-state index in [0.717, 1.165) is 5.56 Å². The fourth-order valence-electron chi connectivity index (χ4n) is 1.85. The average Bonchev–Trinajstić information content (AvgIpc) is 2.96. The minimum absolute atomic E-state index is 0.0101. The van der Waals surface area contributed by atoms with Gasteiger partial charge in [-0.1, -0.05) is 35.5 Å². The molecule has 1 aromatic carbocycles. The monoisotopic (exact) mass is 284 g/mol. The van der Waals surface area contributed by atoms with Crippen molar-refractivity contribution in [1.29, 1.82) is 0 Å². The highest BCUT2D eigenvalue weighted by Crippen LogP contribution is 2.33. The number of hydrogen-bond donors (Lipinski definition) is 2. The van der Waals surface area contributed by atoms with Crippen LogP contribution in [0.4, 0.5) is 11.8 Å². The molecular formula is C13H12N6O2. The van der Waals surface area contributed by atoms with E-state index in [0.29, 0.717) is 11.4 Å². The fraction of sp³-hybridized carbons (Fsp3) is 0.0769. The van der Waals surface area contributed by atoms with Crippen LogP contribution >= 0.6 is 0 Å². The van der Waals surface area contributed by atoms with Crippen molar-refractivity contribution in [1.82, 2.24) is 20.1 Å². The van der Waals surface area contributed by atoms with Crippen LogP contribution in [0.5, 0.6) is 5.88 Å². The van der Waals surface area contributed by atoms with Crippen LogP contribution in [0.1, 0.15) is 0 Å². The van der Waals surface area contributed by atoms with Gasteiger partial charge in [-0.2, -0.15) is 15.0 Å². The van der Waals surface area contributed by atoms with Gasteiger partial charge < -0.3 is 20.7 Å². The Labute approximate surface area is 119 Å². The van der Waals surface area contributed by atoms with Gasteiger partial charge in [0.2, 0.25) is 17.7 Å². The Morgan fingerprint density at radius 1 is 1.05 bits per heavy atom. The first-order valence-corrected chi connectivity index (χ1v) is 6.05. The molecule has 0 aliphatic heterocycles. The first-order valence-electron chi connectivity index (χ1n) is 6.05. The highest BCUT2D eigenvalue weighted by molar-refractivity contribution is 5.74. The quantitative estimate of drug-likeness (QED) is 0.738. The van der Waals surface area contributed by atoms with E-state index in [9.17, 15) is 0 Å². The normalized spacial score (nSPS) is 10.5. The summed E-state index contributed by atoms with van der Waals surface area (Å²) in [6.07, 6.45) is 0. The maximum absolute atomic E-state index is 5.84. The molecule has 4 N–H and O–H groups in total. The van der Waals surface area contributed by atoms with Crippen LogP contribution in [0.15, 0.2) is 34.9 Å². The summed E-state index contributed by atoms with van der Waals surface area (Å²) in [6, 6.07) is 9.40. The van der Waals surface area contributed by atoms with Crippen LogP contribution in [0.25, 0.3) is 22.8 Å². The molecule has 2 aromatic heterocycles. The second-order valence-corrected chi connectivity index (χ2v) is 4.14. The minimum atomic E-state index is 0.0101. The first-order chi connectivity index (χ1) is 10.2. The van der Waals surface area contributed by atoms with E-state index in [1.54, 1.807) is 0 Å². The van der Waals surface area contributed by atoms with Crippen molar-refractivity contribution in [2.24, 2.45) is 0 Å². The number of nitrogens with zero attached hydrogens (tertiary/aromatic N) is 4. The second kappa shape index (κ2) is 5.08. The number of nitrogens with two attached hydrogens (primary N) is 2. The maximum Gasteiger partial charge on any atom is 0.267 e. The van der Waals surface area contributed by atoms with Gasteiger partial charge in [-0.15, -0.1) is 0 Å². The lowest BCUT2D eigenvalue weighted by Crippen LogP contribution is -2.04. The summed E-state index contributed by atoms with van der Waals surface area (Å²) in [4.78, 5) is 12.1.